The number of rotatable bonds is 2. The van der Waals surface area contributed by atoms with E-state index in [1.54, 1.807) is 0 Å². The first-order valence-electron chi connectivity index (χ1n) is 4.89. The molecule has 0 atom stereocenters. The predicted octanol–water partition coefficient (Wildman–Crippen LogP) is 3.63. The van der Waals surface area contributed by atoms with Gasteiger partial charge in [-0.25, -0.2) is 13.8 Å². The molecular formula is C12H6ClF2N3. The molecule has 1 N–H and O–H groups in total. The Morgan fingerprint density at radius 3 is 2.78 bits per heavy atom. The Labute approximate surface area is 107 Å². The largest absolute Gasteiger partial charge is 0.336 e. The summed E-state index contributed by atoms with van der Waals surface area (Å²) >= 11 is 5.89. The summed E-state index contributed by atoms with van der Waals surface area (Å²) in [5.41, 5.74) is 0.102. The van der Waals surface area contributed by atoms with E-state index in [0.717, 1.165) is 6.07 Å². The van der Waals surface area contributed by atoms with Crippen molar-refractivity contribution < 1.29 is 8.78 Å². The summed E-state index contributed by atoms with van der Waals surface area (Å²) in [5, 5.41) is 11.4. The average molecular weight is 266 g/mol. The zero-order valence-electron chi connectivity index (χ0n) is 8.92. The van der Waals surface area contributed by atoms with Gasteiger partial charge in [-0.1, -0.05) is 17.7 Å². The number of nitriles is 1. The molecule has 90 valence electrons. The molecule has 0 radical (unpaired) electrons. The summed E-state index contributed by atoms with van der Waals surface area (Å²) < 4.78 is 26.4. The number of halogens is 3. The molecule has 0 saturated heterocycles. The quantitative estimate of drug-likeness (QED) is 0.902. The van der Waals surface area contributed by atoms with Gasteiger partial charge in [-0.2, -0.15) is 5.26 Å². The summed E-state index contributed by atoms with van der Waals surface area (Å²) in [6.45, 7) is 0. The highest BCUT2D eigenvalue weighted by molar-refractivity contribution is 6.34. The van der Waals surface area contributed by atoms with Crippen LogP contribution in [-0.4, -0.2) is 4.98 Å². The normalized spacial score (nSPS) is 9.89. The maximum Gasteiger partial charge on any atom is 0.182 e. The van der Waals surface area contributed by atoms with Gasteiger partial charge in [-0.3, -0.25) is 0 Å². The van der Waals surface area contributed by atoms with Crippen LogP contribution in [0, 0.1) is 23.0 Å². The highest BCUT2D eigenvalue weighted by atomic mass is 35.5. The van der Waals surface area contributed by atoms with E-state index in [1.165, 1.54) is 24.4 Å². The van der Waals surface area contributed by atoms with Crippen molar-refractivity contribution in [2.24, 2.45) is 0 Å². The number of hydrogen-bond donors (Lipinski definition) is 1. The van der Waals surface area contributed by atoms with Gasteiger partial charge in [0.1, 0.15) is 11.1 Å². The van der Waals surface area contributed by atoms with Crippen molar-refractivity contribution in [2.75, 3.05) is 5.32 Å². The summed E-state index contributed by atoms with van der Waals surface area (Å²) in [7, 11) is 0. The Bertz CT molecular complexity index is 638. The lowest BCUT2D eigenvalue weighted by molar-refractivity contribution is 0.511. The SMILES string of the molecule is N#Cc1ccnc(Nc2cccc(F)c2F)c1Cl. The van der Waals surface area contributed by atoms with Crippen LogP contribution in [0.25, 0.3) is 0 Å². The third-order valence-corrected chi connectivity index (χ3v) is 2.60. The minimum Gasteiger partial charge on any atom is -0.336 e. The lowest BCUT2D eigenvalue weighted by atomic mass is 10.2. The van der Waals surface area contributed by atoms with Gasteiger partial charge >= 0.3 is 0 Å². The smallest absolute Gasteiger partial charge is 0.182 e. The molecular weight excluding hydrogens is 260 g/mol. The van der Waals surface area contributed by atoms with Crippen LogP contribution in [0.15, 0.2) is 30.5 Å². The number of benzene rings is 1. The van der Waals surface area contributed by atoms with E-state index >= 15 is 0 Å². The molecule has 0 aliphatic rings. The van der Waals surface area contributed by atoms with Crippen molar-refractivity contribution >= 4 is 23.1 Å². The van der Waals surface area contributed by atoms with Crippen LogP contribution < -0.4 is 5.32 Å². The first-order valence-corrected chi connectivity index (χ1v) is 5.27. The highest BCUT2D eigenvalue weighted by Crippen LogP contribution is 2.27. The van der Waals surface area contributed by atoms with Crippen molar-refractivity contribution in [3.63, 3.8) is 0 Å². The standard InChI is InChI=1S/C12H6ClF2N3/c13-10-7(6-16)4-5-17-12(10)18-9-3-1-2-8(14)11(9)15/h1-5H,(H,17,18). The number of aromatic nitrogens is 1. The molecule has 1 heterocycles. The lowest BCUT2D eigenvalue weighted by Crippen LogP contribution is -1.99. The van der Waals surface area contributed by atoms with Gasteiger partial charge in [0.05, 0.1) is 11.3 Å². The van der Waals surface area contributed by atoms with E-state index in [4.69, 9.17) is 16.9 Å². The first kappa shape index (κ1) is 12.3. The minimum absolute atomic E-state index is 0.0589. The third kappa shape index (κ3) is 2.24. The summed E-state index contributed by atoms with van der Waals surface area (Å²) in [6, 6.07) is 6.99. The van der Waals surface area contributed by atoms with Crippen LogP contribution in [-0.2, 0) is 0 Å². The summed E-state index contributed by atoms with van der Waals surface area (Å²) in [6.07, 6.45) is 1.35. The second kappa shape index (κ2) is 4.98. The van der Waals surface area contributed by atoms with Crippen LogP contribution >= 0.6 is 11.6 Å². The fraction of sp³-hybridized carbons (Fsp3) is 0. The van der Waals surface area contributed by atoms with Crippen molar-refractivity contribution in [1.29, 1.82) is 5.26 Å². The monoisotopic (exact) mass is 265 g/mol. The number of pyridine rings is 1. The second-order valence-corrected chi connectivity index (χ2v) is 3.74. The molecule has 0 aliphatic carbocycles. The van der Waals surface area contributed by atoms with Crippen molar-refractivity contribution in [1.82, 2.24) is 4.98 Å². The van der Waals surface area contributed by atoms with Crippen molar-refractivity contribution in [2.45, 2.75) is 0 Å². The van der Waals surface area contributed by atoms with Gasteiger partial charge in [0.25, 0.3) is 0 Å². The van der Waals surface area contributed by atoms with Gasteiger partial charge in [-0.05, 0) is 18.2 Å². The van der Waals surface area contributed by atoms with Crippen LogP contribution in [0.2, 0.25) is 5.02 Å². The predicted molar refractivity (Wildman–Crippen MR) is 63.6 cm³/mol. The summed E-state index contributed by atoms with van der Waals surface area (Å²) in [4.78, 5) is 3.87. The summed E-state index contributed by atoms with van der Waals surface area (Å²) in [5.74, 6) is -1.91. The molecule has 2 rings (SSSR count). The lowest BCUT2D eigenvalue weighted by Gasteiger charge is -2.09. The number of anilines is 2. The van der Waals surface area contributed by atoms with E-state index in [2.05, 4.69) is 10.3 Å². The number of hydrogen-bond acceptors (Lipinski definition) is 3. The maximum absolute atomic E-state index is 13.4. The molecule has 0 fully saturated rings. The topological polar surface area (TPSA) is 48.7 Å². The molecule has 6 heteroatoms. The molecule has 2 aromatic rings. The Balaban J connectivity index is 2.41. The first-order chi connectivity index (χ1) is 8.63. The molecule has 1 aromatic carbocycles. The Kier molecular flexibility index (Phi) is 3.40. The van der Waals surface area contributed by atoms with Gasteiger partial charge in [0.15, 0.2) is 17.5 Å². The molecule has 3 nitrogen and oxygen atoms in total. The number of nitrogens with one attached hydrogen (secondary N) is 1. The van der Waals surface area contributed by atoms with E-state index in [0.29, 0.717) is 0 Å². The van der Waals surface area contributed by atoms with E-state index in [-0.39, 0.29) is 22.1 Å². The number of nitrogens with zero attached hydrogens (tertiary/aromatic N) is 2. The minimum atomic E-state index is -1.03. The Hall–Kier alpha value is -2.19. The maximum atomic E-state index is 13.4. The Morgan fingerprint density at radius 1 is 1.28 bits per heavy atom. The molecule has 1 aromatic heterocycles. The van der Waals surface area contributed by atoms with Crippen LogP contribution in [0.5, 0.6) is 0 Å². The van der Waals surface area contributed by atoms with Gasteiger partial charge in [0, 0.05) is 6.20 Å². The van der Waals surface area contributed by atoms with Crippen LogP contribution in [0.4, 0.5) is 20.3 Å². The Morgan fingerprint density at radius 2 is 2.06 bits per heavy atom. The average Bonchev–Trinajstić information content (AvgIpc) is 2.37. The van der Waals surface area contributed by atoms with Crippen molar-refractivity contribution in [3.8, 4) is 6.07 Å². The second-order valence-electron chi connectivity index (χ2n) is 3.36. The molecule has 0 spiro atoms. The van der Waals surface area contributed by atoms with Crippen LogP contribution in [0.3, 0.4) is 0 Å². The van der Waals surface area contributed by atoms with E-state index in [1.807, 2.05) is 6.07 Å². The van der Waals surface area contributed by atoms with Crippen molar-refractivity contribution in [3.05, 3.63) is 52.7 Å². The molecule has 0 unspecified atom stereocenters. The van der Waals surface area contributed by atoms with Crippen LogP contribution in [0.1, 0.15) is 5.56 Å². The molecule has 0 aliphatic heterocycles. The van der Waals surface area contributed by atoms with Gasteiger partial charge in [0.2, 0.25) is 0 Å². The third-order valence-electron chi connectivity index (χ3n) is 2.21. The molecule has 0 saturated carbocycles. The molecule has 18 heavy (non-hydrogen) atoms. The van der Waals surface area contributed by atoms with Gasteiger partial charge < -0.3 is 5.32 Å². The zero-order chi connectivity index (χ0) is 13.1. The highest BCUT2D eigenvalue weighted by Gasteiger charge is 2.11. The molecule has 0 bridgehead atoms. The molecule has 0 amide bonds. The van der Waals surface area contributed by atoms with E-state index in [9.17, 15) is 8.78 Å². The van der Waals surface area contributed by atoms with Gasteiger partial charge in [-0.15, -0.1) is 0 Å². The fourth-order valence-electron chi connectivity index (χ4n) is 1.35. The zero-order valence-corrected chi connectivity index (χ0v) is 9.67. The fourth-order valence-corrected chi connectivity index (χ4v) is 1.55. The van der Waals surface area contributed by atoms with E-state index < -0.39 is 11.6 Å².